The molecule has 27 nitrogen and oxygen atoms in total. The van der Waals surface area contributed by atoms with Crippen LogP contribution in [0.5, 0.6) is 0 Å². The molecule has 3 aromatic carbocycles. The summed E-state index contributed by atoms with van der Waals surface area (Å²) in [5.41, 5.74) is 16.5. The predicted molar refractivity (Wildman–Crippen MR) is 311 cm³/mol. The number of hydrogen-bond acceptors (Lipinski definition) is 14. The molecule has 3 aromatic rings. The Kier molecular flexibility index (Phi) is 25.5. The van der Waals surface area contributed by atoms with Crippen LogP contribution in [0.15, 0.2) is 91.0 Å². The van der Waals surface area contributed by atoms with Crippen LogP contribution in [0.4, 0.5) is 4.79 Å². The molecule has 12 amide bonds. The number of rotatable bonds is 28. The third-order valence-corrected chi connectivity index (χ3v) is 14.7. The van der Waals surface area contributed by atoms with E-state index in [0.717, 1.165) is 16.1 Å². The number of primary amides is 1. The van der Waals surface area contributed by atoms with Crippen molar-refractivity contribution in [2.75, 3.05) is 19.6 Å². The number of carboxylic acid groups (broad SMARTS) is 1. The lowest BCUT2D eigenvalue weighted by Crippen LogP contribution is -2.62. The molecule has 466 valence electrons. The fourth-order valence-electron chi connectivity index (χ4n) is 9.85. The summed E-state index contributed by atoms with van der Waals surface area (Å²) in [4.78, 5) is 164. The number of aliphatic hydroxyl groups excluding tert-OH is 1. The van der Waals surface area contributed by atoms with Crippen LogP contribution in [0, 0.1) is 11.8 Å². The molecule has 2 aliphatic rings. The van der Waals surface area contributed by atoms with Crippen molar-refractivity contribution in [3.63, 3.8) is 0 Å². The molecule has 86 heavy (non-hydrogen) atoms. The van der Waals surface area contributed by atoms with Crippen molar-refractivity contribution in [2.24, 2.45) is 23.3 Å². The molecule has 2 fully saturated rings. The van der Waals surface area contributed by atoms with Crippen LogP contribution in [0.25, 0.3) is 0 Å². The van der Waals surface area contributed by atoms with Crippen molar-refractivity contribution in [1.29, 1.82) is 0 Å². The first kappa shape index (κ1) is 67.8. The maximum absolute atomic E-state index is 14.0. The summed E-state index contributed by atoms with van der Waals surface area (Å²) in [5, 5.41) is 38.9. The van der Waals surface area contributed by atoms with Gasteiger partial charge >= 0.3 is 12.0 Å². The van der Waals surface area contributed by atoms with Crippen LogP contribution in [0.1, 0.15) is 90.3 Å². The van der Waals surface area contributed by atoms with Crippen molar-refractivity contribution in [3.8, 4) is 0 Å². The predicted octanol–water partition coefficient (Wildman–Crippen LogP) is -1.39. The molecular weight excluding hydrogens is 1110 g/mol. The third-order valence-electron chi connectivity index (χ3n) is 14.7. The van der Waals surface area contributed by atoms with Crippen molar-refractivity contribution in [2.45, 2.75) is 154 Å². The lowest BCUT2D eigenvalue weighted by molar-refractivity contribution is -0.144. The molecule has 10 atom stereocenters. The summed E-state index contributed by atoms with van der Waals surface area (Å²) in [6.07, 6.45) is -1.31. The van der Waals surface area contributed by atoms with Gasteiger partial charge in [0.2, 0.25) is 53.2 Å². The fraction of sp³-hybridized carbons (Fsp3) is 0.492. The normalized spacial score (nSPS) is 17.5. The first-order valence-electron chi connectivity index (χ1n) is 28.6. The topological polar surface area (TPSA) is 403 Å². The third kappa shape index (κ3) is 19.8. The van der Waals surface area contributed by atoms with Crippen molar-refractivity contribution in [1.82, 2.24) is 57.5 Å². The van der Waals surface area contributed by atoms with Crippen LogP contribution in [-0.2, 0) is 72.1 Å². The molecule has 5 rings (SSSR count). The molecule has 2 saturated heterocycles. The number of nitrogens with two attached hydrogens (primary N) is 2. The van der Waals surface area contributed by atoms with Gasteiger partial charge in [0.05, 0.1) is 31.7 Å². The molecule has 0 aliphatic carbocycles. The Morgan fingerprint density at radius 3 is 1.62 bits per heavy atom. The largest absolute Gasteiger partial charge is 0.481 e. The number of aliphatic hydroxyl groups is 1. The zero-order valence-electron chi connectivity index (χ0n) is 49.2. The molecule has 0 spiro atoms. The van der Waals surface area contributed by atoms with Gasteiger partial charge in [0.25, 0.3) is 5.91 Å². The number of hydrazine groups is 1. The number of nitrogens with zero attached hydrogens (tertiary/aromatic N) is 3. The van der Waals surface area contributed by atoms with Gasteiger partial charge in [-0.2, -0.15) is 0 Å². The van der Waals surface area contributed by atoms with Crippen molar-refractivity contribution < 1.29 is 67.7 Å². The average Bonchev–Trinajstić information content (AvgIpc) is 4.11. The summed E-state index contributed by atoms with van der Waals surface area (Å²) in [6.45, 7) is 8.38. The van der Waals surface area contributed by atoms with Gasteiger partial charge < -0.3 is 68.7 Å². The first-order chi connectivity index (χ1) is 40.7. The average molecular weight is 1200 g/mol. The molecule has 0 bridgehead atoms. The van der Waals surface area contributed by atoms with Gasteiger partial charge in [0.15, 0.2) is 0 Å². The SMILES string of the molecule is CC(C)[C@H](NC(=O)[C@H](CC(=O)O)NC(=O)[C@@H](NC(=O)[C@@H]1CCCN1C(=O)[C@@H](NC(=O)[C@H](N)Cc1ccccc1)C(C)C)[C@@H](C)O)C(=O)NCC(=O)N1CCC[C@H]1C(=O)NN(Cc1ccccc1)C(=O)N[C@@H](C)C(=O)N[C@@H](Cc1ccccc1)C(N)=O. The standard InChI is InChI=1S/C59H81N13O14/c1-33(2)47(66-53(80)42(30-46(75)76)65-57(84)49(36(6)73)68-54(81)43-24-17-27-71(43)58(85)48(34(3)4)67-52(79)40(60)28-37-18-10-7-11-19-37)56(83)62-31-45(74)70-26-16-25-44(70)55(82)69-72(32-39-22-14-9-15-23-39)59(86)63-35(5)51(78)64-41(50(61)77)29-38-20-12-8-13-21-38/h7-15,18-23,33-36,40-44,47-49,73H,16-17,24-32,60H2,1-6H3,(H2,61,77)(H,62,83)(H,63,86)(H,64,78)(H,65,84)(H,66,80)(H,67,79)(H,68,81)(H,69,82)(H,75,76)/t35-,36+,40+,41-,42-,43-,44-,47-,48-,49-/m0/s1. The van der Waals surface area contributed by atoms with E-state index in [9.17, 15) is 67.7 Å². The van der Waals surface area contributed by atoms with Gasteiger partial charge in [0.1, 0.15) is 48.3 Å². The summed E-state index contributed by atoms with van der Waals surface area (Å²) < 4.78 is 0. The lowest BCUT2D eigenvalue weighted by Gasteiger charge is -2.32. The van der Waals surface area contributed by atoms with E-state index >= 15 is 0 Å². The smallest absolute Gasteiger partial charge is 0.337 e. The van der Waals surface area contributed by atoms with Gasteiger partial charge in [-0.15, -0.1) is 0 Å². The number of carbonyl (C=O) groups excluding carboxylic acids is 11. The fourth-order valence-corrected chi connectivity index (χ4v) is 9.85. The quantitative estimate of drug-likeness (QED) is 0.0373. The Morgan fingerprint density at radius 1 is 0.570 bits per heavy atom. The Morgan fingerprint density at radius 2 is 1.08 bits per heavy atom. The second kappa shape index (κ2) is 32.3. The monoisotopic (exact) mass is 1200 g/mol. The van der Waals surface area contributed by atoms with E-state index in [1.807, 2.05) is 18.2 Å². The zero-order chi connectivity index (χ0) is 63.4. The molecule has 0 unspecified atom stereocenters. The number of nitrogens with one attached hydrogen (secondary N) is 8. The maximum Gasteiger partial charge on any atom is 0.337 e. The van der Waals surface area contributed by atoms with E-state index in [1.165, 1.54) is 23.6 Å². The maximum atomic E-state index is 14.0. The van der Waals surface area contributed by atoms with E-state index in [2.05, 4.69) is 42.6 Å². The highest BCUT2D eigenvalue weighted by Gasteiger charge is 2.42. The van der Waals surface area contributed by atoms with Gasteiger partial charge in [0, 0.05) is 19.5 Å². The molecule has 0 radical (unpaired) electrons. The molecule has 2 heterocycles. The number of likely N-dealkylation sites (tertiary alicyclic amines) is 2. The van der Waals surface area contributed by atoms with Crippen LogP contribution in [0.2, 0.25) is 0 Å². The highest BCUT2D eigenvalue weighted by Crippen LogP contribution is 2.22. The van der Waals surface area contributed by atoms with Gasteiger partial charge in [-0.1, -0.05) is 119 Å². The highest BCUT2D eigenvalue weighted by atomic mass is 16.4. The summed E-state index contributed by atoms with van der Waals surface area (Å²) in [5.74, 6) is -10.9. The minimum absolute atomic E-state index is 0.0779. The molecule has 14 N–H and O–H groups in total. The van der Waals surface area contributed by atoms with Crippen LogP contribution in [0.3, 0.4) is 0 Å². The number of aliphatic carboxylic acids is 1. The van der Waals surface area contributed by atoms with Gasteiger partial charge in [-0.25, -0.2) is 9.80 Å². The van der Waals surface area contributed by atoms with E-state index in [1.54, 1.807) is 100 Å². The number of amides is 12. The number of carboxylic acids is 1. The highest BCUT2D eigenvalue weighted by molar-refractivity contribution is 5.99. The number of hydrogen-bond donors (Lipinski definition) is 12. The lowest BCUT2D eigenvalue weighted by atomic mass is 10.00. The molecule has 0 saturated carbocycles. The van der Waals surface area contributed by atoms with E-state index in [4.69, 9.17) is 11.5 Å². The van der Waals surface area contributed by atoms with Crippen molar-refractivity contribution >= 4 is 71.1 Å². The Labute approximate surface area is 498 Å². The van der Waals surface area contributed by atoms with Gasteiger partial charge in [-0.3, -0.25) is 58.2 Å². The minimum Gasteiger partial charge on any atom is -0.481 e. The van der Waals surface area contributed by atoms with Gasteiger partial charge in [-0.05, 0) is 74.5 Å². The number of benzene rings is 3. The second-order valence-corrected chi connectivity index (χ2v) is 22.2. The molecule has 2 aliphatic heterocycles. The van der Waals surface area contributed by atoms with Crippen LogP contribution >= 0.6 is 0 Å². The minimum atomic E-state index is -1.88. The summed E-state index contributed by atoms with van der Waals surface area (Å²) in [6, 6.07) is 13.8. The van der Waals surface area contributed by atoms with E-state index in [-0.39, 0.29) is 45.3 Å². The van der Waals surface area contributed by atoms with Crippen molar-refractivity contribution in [3.05, 3.63) is 108 Å². The Hall–Kier alpha value is -8.98. The van der Waals surface area contributed by atoms with Crippen LogP contribution < -0.4 is 54.1 Å². The van der Waals surface area contributed by atoms with Crippen LogP contribution in [-0.4, -0.2) is 176 Å². The van der Waals surface area contributed by atoms with E-state index < -0.39 is 156 Å². The molecular formula is C59H81N13O14. The zero-order valence-corrected chi connectivity index (χ0v) is 49.2. The summed E-state index contributed by atoms with van der Waals surface area (Å²) in [7, 11) is 0. The van der Waals surface area contributed by atoms with E-state index in [0.29, 0.717) is 18.4 Å². The molecule has 27 heteroatoms. The Bertz CT molecular complexity index is 2880. The second-order valence-electron chi connectivity index (χ2n) is 22.2. The number of urea groups is 1. The number of carbonyl (C=O) groups is 12. The Balaban J connectivity index is 1.19. The summed E-state index contributed by atoms with van der Waals surface area (Å²) >= 11 is 0. The first-order valence-corrected chi connectivity index (χ1v) is 28.6. The molecule has 0 aromatic heterocycles.